The van der Waals surface area contributed by atoms with Gasteiger partial charge in [0, 0.05) is 12.2 Å². The second-order valence-electron chi connectivity index (χ2n) is 5.39. The standard InChI is InChI=1S/C21H15F3O5/c1-3-19(25)28-12-11-27-15-7-5-14(6-8-15)17-10-9-16(29-20(26)4-2)13-18(17)21(22,23)24/h3-13H,1-2H2/b12-11-. The maximum atomic E-state index is 13.5. The Morgan fingerprint density at radius 1 is 0.862 bits per heavy atom. The second kappa shape index (κ2) is 9.41. The summed E-state index contributed by atoms with van der Waals surface area (Å²) >= 11 is 0. The fourth-order valence-electron chi connectivity index (χ4n) is 2.19. The number of ether oxygens (including phenoxy) is 3. The molecular weight excluding hydrogens is 389 g/mol. The molecule has 0 atom stereocenters. The maximum Gasteiger partial charge on any atom is 0.417 e. The first kappa shape index (κ1) is 21.5. The molecule has 0 aliphatic rings. The highest BCUT2D eigenvalue weighted by Gasteiger charge is 2.34. The molecule has 0 heterocycles. The number of alkyl halides is 3. The third-order valence-electron chi connectivity index (χ3n) is 3.46. The Morgan fingerprint density at radius 2 is 1.48 bits per heavy atom. The van der Waals surface area contributed by atoms with Gasteiger partial charge in [-0.15, -0.1) is 0 Å². The van der Waals surface area contributed by atoms with E-state index in [1.54, 1.807) is 0 Å². The number of rotatable bonds is 7. The lowest BCUT2D eigenvalue weighted by Gasteiger charge is -2.15. The molecular formula is C21H15F3O5. The lowest BCUT2D eigenvalue weighted by molar-refractivity contribution is -0.137. The fraction of sp³-hybridized carbons (Fsp3) is 0.0476. The smallest absolute Gasteiger partial charge is 0.417 e. The minimum Gasteiger partial charge on any atom is -0.462 e. The van der Waals surface area contributed by atoms with Crippen LogP contribution in [0, 0.1) is 0 Å². The molecule has 0 aliphatic carbocycles. The van der Waals surface area contributed by atoms with Crippen LogP contribution < -0.4 is 9.47 Å². The summed E-state index contributed by atoms with van der Waals surface area (Å²) in [5.41, 5.74) is -0.789. The third-order valence-corrected chi connectivity index (χ3v) is 3.46. The molecule has 0 saturated carbocycles. The fourth-order valence-corrected chi connectivity index (χ4v) is 2.19. The first-order valence-corrected chi connectivity index (χ1v) is 8.05. The zero-order chi connectivity index (χ0) is 21.4. The average Bonchev–Trinajstić information content (AvgIpc) is 2.70. The predicted molar refractivity (Wildman–Crippen MR) is 98.8 cm³/mol. The molecule has 8 heteroatoms. The number of carbonyl (C=O) groups excluding carboxylic acids is 2. The topological polar surface area (TPSA) is 61.8 Å². The normalized spacial score (nSPS) is 11.0. The highest BCUT2D eigenvalue weighted by Crippen LogP contribution is 2.39. The summed E-state index contributed by atoms with van der Waals surface area (Å²) in [5.74, 6) is -1.46. The highest BCUT2D eigenvalue weighted by atomic mass is 19.4. The SMILES string of the molecule is C=CC(=O)O/C=C\Oc1ccc(-c2ccc(OC(=O)C=C)cc2C(F)(F)F)cc1. The molecule has 0 bridgehead atoms. The quantitative estimate of drug-likeness (QED) is 0.280. The Morgan fingerprint density at radius 3 is 2.07 bits per heavy atom. The van der Waals surface area contributed by atoms with E-state index >= 15 is 0 Å². The van der Waals surface area contributed by atoms with Crippen LogP contribution in [0.4, 0.5) is 13.2 Å². The van der Waals surface area contributed by atoms with Crippen molar-refractivity contribution in [1.29, 1.82) is 0 Å². The number of hydrogen-bond donors (Lipinski definition) is 0. The summed E-state index contributed by atoms with van der Waals surface area (Å²) in [6, 6.07) is 8.96. The molecule has 2 aromatic rings. The van der Waals surface area contributed by atoms with E-state index in [-0.39, 0.29) is 16.9 Å². The molecule has 29 heavy (non-hydrogen) atoms. The molecule has 0 fully saturated rings. The van der Waals surface area contributed by atoms with Gasteiger partial charge in [0.15, 0.2) is 0 Å². The Bertz CT molecular complexity index is 944. The highest BCUT2D eigenvalue weighted by molar-refractivity contribution is 5.83. The van der Waals surface area contributed by atoms with Gasteiger partial charge in [0.05, 0.1) is 5.56 Å². The van der Waals surface area contributed by atoms with Gasteiger partial charge in [-0.1, -0.05) is 31.4 Å². The molecule has 2 aromatic carbocycles. The summed E-state index contributed by atoms with van der Waals surface area (Å²) in [7, 11) is 0. The molecule has 0 spiro atoms. The molecule has 0 unspecified atom stereocenters. The lowest BCUT2D eigenvalue weighted by atomic mass is 9.99. The van der Waals surface area contributed by atoms with Crippen molar-refractivity contribution in [2.75, 3.05) is 0 Å². The van der Waals surface area contributed by atoms with Crippen LogP contribution in [-0.4, -0.2) is 11.9 Å². The van der Waals surface area contributed by atoms with E-state index in [9.17, 15) is 22.8 Å². The Labute approximate surface area is 164 Å². The van der Waals surface area contributed by atoms with Gasteiger partial charge < -0.3 is 14.2 Å². The Kier molecular flexibility index (Phi) is 6.97. The van der Waals surface area contributed by atoms with Crippen molar-refractivity contribution in [3.05, 3.63) is 85.9 Å². The zero-order valence-electron chi connectivity index (χ0n) is 14.9. The second-order valence-corrected chi connectivity index (χ2v) is 5.39. The Balaban J connectivity index is 2.24. The largest absolute Gasteiger partial charge is 0.462 e. The summed E-state index contributed by atoms with van der Waals surface area (Å²) in [5, 5.41) is 0. The van der Waals surface area contributed by atoms with E-state index in [0.29, 0.717) is 5.75 Å². The van der Waals surface area contributed by atoms with Crippen molar-refractivity contribution in [3.63, 3.8) is 0 Å². The predicted octanol–water partition coefficient (Wildman–Crippen LogP) is 5.04. The van der Waals surface area contributed by atoms with Crippen LogP contribution in [0.3, 0.4) is 0 Å². The Hall–Kier alpha value is -3.81. The van der Waals surface area contributed by atoms with Crippen molar-refractivity contribution in [2.24, 2.45) is 0 Å². The first-order valence-electron chi connectivity index (χ1n) is 8.05. The third kappa shape index (κ3) is 6.10. The first-order chi connectivity index (χ1) is 13.7. The van der Waals surface area contributed by atoms with Crippen molar-refractivity contribution in [1.82, 2.24) is 0 Å². The van der Waals surface area contributed by atoms with Crippen LogP contribution in [0.25, 0.3) is 11.1 Å². The van der Waals surface area contributed by atoms with Gasteiger partial charge in [-0.05, 0) is 35.4 Å². The van der Waals surface area contributed by atoms with E-state index < -0.39 is 23.7 Å². The molecule has 0 saturated heterocycles. The number of halogens is 3. The summed E-state index contributed by atoms with van der Waals surface area (Å²) in [6.45, 7) is 6.42. The van der Waals surface area contributed by atoms with Crippen LogP contribution in [0.15, 0.2) is 80.3 Å². The molecule has 2 rings (SSSR count). The molecule has 150 valence electrons. The van der Waals surface area contributed by atoms with E-state index in [1.165, 1.54) is 36.4 Å². The van der Waals surface area contributed by atoms with Gasteiger partial charge in [0.25, 0.3) is 0 Å². The van der Waals surface area contributed by atoms with Crippen LogP contribution in [0.2, 0.25) is 0 Å². The van der Waals surface area contributed by atoms with Crippen molar-refractivity contribution in [2.45, 2.75) is 6.18 Å². The summed E-state index contributed by atoms with van der Waals surface area (Å²) in [6.07, 6.45) is -0.740. The van der Waals surface area contributed by atoms with Gasteiger partial charge in [-0.25, -0.2) is 9.59 Å². The molecule has 0 aliphatic heterocycles. The van der Waals surface area contributed by atoms with E-state index in [2.05, 4.69) is 17.9 Å². The van der Waals surface area contributed by atoms with Gasteiger partial charge in [-0.2, -0.15) is 13.2 Å². The van der Waals surface area contributed by atoms with Crippen molar-refractivity contribution in [3.8, 4) is 22.6 Å². The molecule has 0 radical (unpaired) electrons. The molecule has 0 amide bonds. The van der Waals surface area contributed by atoms with E-state index in [4.69, 9.17) is 9.47 Å². The number of hydrogen-bond acceptors (Lipinski definition) is 5. The average molecular weight is 404 g/mol. The maximum absolute atomic E-state index is 13.5. The van der Waals surface area contributed by atoms with Gasteiger partial charge >= 0.3 is 18.1 Å². The minimum atomic E-state index is -4.67. The summed E-state index contributed by atoms with van der Waals surface area (Å²) < 4.78 is 54.9. The molecule has 5 nitrogen and oxygen atoms in total. The van der Waals surface area contributed by atoms with E-state index in [0.717, 1.165) is 30.7 Å². The summed E-state index contributed by atoms with van der Waals surface area (Å²) in [4.78, 5) is 22.1. The van der Waals surface area contributed by atoms with Crippen molar-refractivity contribution >= 4 is 11.9 Å². The number of esters is 2. The van der Waals surface area contributed by atoms with Crippen LogP contribution in [0.5, 0.6) is 11.5 Å². The number of carbonyl (C=O) groups is 2. The van der Waals surface area contributed by atoms with Crippen LogP contribution in [0.1, 0.15) is 5.56 Å². The molecule has 0 N–H and O–H groups in total. The molecule has 0 aromatic heterocycles. The van der Waals surface area contributed by atoms with Gasteiger partial charge in [-0.3, -0.25) is 0 Å². The zero-order valence-corrected chi connectivity index (χ0v) is 14.9. The van der Waals surface area contributed by atoms with Gasteiger partial charge in [0.1, 0.15) is 24.0 Å². The van der Waals surface area contributed by atoms with Crippen molar-refractivity contribution < 1.29 is 37.0 Å². The monoisotopic (exact) mass is 404 g/mol. The van der Waals surface area contributed by atoms with Gasteiger partial charge in [0.2, 0.25) is 0 Å². The number of benzene rings is 2. The lowest BCUT2D eigenvalue weighted by Crippen LogP contribution is -2.09. The van der Waals surface area contributed by atoms with Crippen LogP contribution >= 0.6 is 0 Å². The minimum absolute atomic E-state index is 0.0992. The van der Waals surface area contributed by atoms with Crippen LogP contribution in [-0.2, 0) is 20.5 Å². The van der Waals surface area contributed by atoms with E-state index in [1.807, 2.05) is 0 Å².